The Morgan fingerprint density at radius 1 is 1.15 bits per heavy atom. The Kier molecular flexibility index (Phi) is 9.02. The zero-order valence-electron chi connectivity index (χ0n) is 27.1. The fraction of sp³-hybridized carbons (Fsp3) is 0.667. The quantitative estimate of drug-likeness (QED) is 0.328. The Balaban J connectivity index is 1.33. The summed E-state index contributed by atoms with van der Waals surface area (Å²) < 4.78 is 51.9. The van der Waals surface area contributed by atoms with E-state index in [0.29, 0.717) is 12.0 Å². The van der Waals surface area contributed by atoms with Crippen LogP contribution in [0.25, 0.3) is 0 Å². The zero-order valence-corrected chi connectivity index (χ0v) is 27.1. The minimum Gasteiger partial charge on any atom is -0.445 e. The van der Waals surface area contributed by atoms with Gasteiger partial charge >= 0.3 is 12.3 Å². The van der Waals surface area contributed by atoms with Gasteiger partial charge in [-0.3, -0.25) is 14.4 Å². The second-order valence-corrected chi connectivity index (χ2v) is 14.5. The monoisotopic (exact) mass is 661 g/mol. The van der Waals surface area contributed by atoms with E-state index >= 15 is 0 Å². The predicted molar refractivity (Wildman–Crippen MR) is 161 cm³/mol. The molecule has 0 bridgehead atoms. The molecule has 3 N–H and O–H groups in total. The highest BCUT2D eigenvalue weighted by molar-refractivity contribution is 5.93. The largest absolute Gasteiger partial charge is 0.445 e. The highest BCUT2D eigenvalue weighted by Gasteiger charge is 2.70. The first-order valence-corrected chi connectivity index (χ1v) is 15.9. The van der Waals surface area contributed by atoms with Gasteiger partial charge in [-0.1, -0.05) is 44.2 Å². The molecule has 4 aliphatic rings. The first kappa shape index (κ1) is 34.5. The summed E-state index contributed by atoms with van der Waals surface area (Å²) in [5.74, 6) is -2.37. The van der Waals surface area contributed by atoms with E-state index in [0.717, 1.165) is 26.7 Å². The molecular weight excluding hydrogens is 619 g/mol. The number of hydrogen-bond donors (Lipinski definition) is 3. The third-order valence-electron chi connectivity index (χ3n) is 10.4. The van der Waals surface area contributed by atoms with Crippen LogP contribution in [0.15, 0.2) is 30.3 Å². The molecule has 2 heterocycles. The van der Waals surface area contributed by atoms with E-state index in [-0.39, 0.29) is 48.3 Å². The average Bonchev–Trinajstić information content (AvgIpc) is 3.72. The molecule has 2 aliphatic carbocycles. The number of nitrogens with one attached hydrogen (secondary N) is 3. The SMILES string of the molecule is C[C@@H](OC(C)(C)C(F)(F)F)[C@H](NC(=O)OCc1ccccc1)C(=O)N1C[C@H]2[C@@H]([C@H]1C(=O)N[C@H](C#N)C[C@@H]1CC3(CC3)NC1=O)C2(C)C. The Labute approximate surface area is 271 Å². The van der Waals surface area contributed by atoms with Gasteiger partial charge in [0.25, 0.3) is 0 Å². The highest BCUT2D eigenvalue weighted by atomic mass is 19.4. The molecule has 47 heavy (non-hydrogen) atoms. The Bertz CT molecular complexity index is 1440. The molecule has 14 heteroatoms. The van der Waals surface area contributed by atoms with Gasteiger partial charge in [-0.05, 0) is 69.3 Å². The summed E-state index contributed by atoms with van der Waals surface area (Å²) in [4.78, 5) is 54.7. The number of nitriles is 1. The van der Waals surface area contributed by atoms with Crippen molar-refractivity contribution in [3.63, 3.8) is 0 Å². The van der Waals surface area contributed by atoms with Gasteiger partial charge in [0.05, 0.1) is 12.2 Å². The van der Waals surface area contributed by atoms with Crippen molar-refractivity contribution in [3.8, 4) is 6.07 Å². The normalized spacial score (nSPS) is 27.1. The minimum absolute atomic E-state index is 0.0911. The number of rotatable bonds is 11. The van der Waals surface area contributed by atoms with Gasteiger partial charge in [0, 0.05) is 18.0 Å². The number of benzene rings is 1. The molecule has 2 saturated heterocycles. The number of carbonyl (C=O) groups is 4. The summed E-state index contributed by atoms with van der Waals surface area (Å²) >= 11 is 0. The van der Waals surface area contributed by atoms with Gasteiger partial charge in [-0.2, -0.15) is 18.4 Å². The van der Waals surface area contributed by atoms with Crippen molar-refractivity contribution in [1.29, 1.82) is 5.26 Å². The van der Waals surface area contributed by atoms with Crippen LogP contribution < -0.4 is 16.0 Å². The lowest BCUT2D eigenvalue weighted by atomic mass is 9.95. The van der Waals surface area contributed by atoms with Gasteiger partial charge in [-0.25, -0.2) is 4.79 Å². The van der Waals surface area contributed by atoms with E-state index in [1.54, 1.807) is 30.3 Å². The van der Waals surface area contributed by atoms with Gasteiger partial charge in [0.15, 0.2) is 5.60 Å². The van der Waals surface area contributed by atoms with Crippen molar-refractivity contribution in [1.82, 2.24) is 20.9 Å². The maximum Gasteiger partial charge on any atom is 0.416 e. The lowest BCUT2D eigenvalue weighted by Gasteiger charge is -2.37. The number of halogens is 3. The van der Waals surface area contributed by atoms with Crippen molar-refractivity contribution in [2.45, 2.75) is 108 Å². The molecule has 5 rings (SSSR count). The molecule has 2 aliphatic heterocycles. The molecule has 4 amide bonds. The Hall–Kier alpha value is -3.86. The molecule has 2 saturated carbocycles. The second kappa shape index (κ2) is 12.3. The fourth-order valence-corrected chi connectivity index (χ4v) is 7.20. The lowest BCUT2D eigenvalue weighted by molar-refractivity contribution is -0.276. The van der Waals surface area contributed by atoms with E-state index in [2.05, 4.69) is 22.0 Å². The molecule has 11 nitrogen and oxygen atoms in total. The fourth-order valence-electron chi connectivity index (χ4n) is 7.20. The predicted octanol–water partition coefficient (Wildman–Crippen LogP) is 3.58. The van der Waals surface area contributed by atoms with Gasteiger partial charge in [0.1, 0.15) is 24.7 Å². The highest BCUT2D eigenvalue weighted by Crippen LogP contribution is 2.65. The van der Waals surface area contributed by atoms with Crippen molar-refractivity contribution in [2.24, 2.45) is 23.2 Å². The second-order valence-electron chi connectivity index (χ2n) is 14.5. The van der Waals surface area contributed by atoms with Crippen LogP contribution in [0, 0.1) is 34.5 Å². The topological polar surface area (TPSA) is 150 Å². The lowest BCUT2D eigenvalue weighted by Crippen LogP contribution is -2.61. The third-order valence-corrected chi connectivity index (χ3v) is 10.4. The van der Waals surface area contributed by atoms with Gasteiger partial charge in [0.2, 0.25) is 17.7 Å². The van der Waals surface area contributed by atoms with Crippen molar-refractivity contribution >= 4 is 23.8 Å². The van der Waals surface area contributed by atoms with Crippen LogP contribution in [-0.4, -0.2) is 76.8 Å². The number of alkyl carbamates (subject to hydrolysis) is 1. The van der Waals surface area contributed by atoms with Crippen LogP contribution in [0.1, 0.15) is 65.9 Å². The van der Waals surface area contributed by atoms with Crippen LogP contribution >= 0.6 is 0 Å². The van der Waals surface area contributed by atoms with Crippen LogP contribution in [0.3, 0.4) is 0 Å². The number of hydrogen-bond acceptors (Lipinski definition) is 7. The van der Waals surface area contributed by atoms with E-state index in [9.17, 15) is 37.6 Å². The third kappa shape index (κ3) is 7.05. The van der Waals surface area contributed by atoms with E-state index in [4.69, 9.17) is 9.47 Å². The molecule has 0 unspecified atom stereocenters. The van der Waals surface area contributed by atoms with Crippen molar-refractivity contribution < 1.29 is 41.8 Å². The van der Waals surface area contributed by atoms with E-state index in [1.807, 2.05) is 13.8 Å². The molecule has 1 aromatic carbocycles. The number of ether oxygens (including phenoxy) is 2. The zero-order chi connectivity index (χ0) is 34.5. The Morgan fingerprint density at radius 3 is 2.38 bits per heavy atom. The minimum atomic E-state index is -4.79. The number of amides is 4. The first-order chi connectivity index (χ1) is 21.9. The average molecular weight is 662 g/mol. The molecule has 1 aromatic rings. The van der Waals surface area contributed by atoms with Crippen molar-refractivity contribution in [3.05, 3.63) is 35.9 Å². The molecule has 0 aromatic heterocycles. The summed E-state index contributed by atoms with van der Waals surface area (Å²) in [6.07, 6.45) is -4.85. The molecular formula is C33H42F3N5O6. The first-order valence-electron chi connectivity index (χ1n) is 15.9. The molecule has 1 spiro atoms. The number of likely N-dealkylation sites (tertiary alicyclic amines) is 1. The summed E-state index contributed by atoms with van der Waals surface area (Å²) in [6.45, 7) is 6.76. The van der Waals surface area contributed by atoms with Gasteiger partial charge < -0.3 is 30.3 Å². The summed E-state index contributed by atoms with van der Waals surface area (Å²) in [6, 6.07) is 7.06. The number of nitrogens with zero attached hydrogens (tertiary/aromatic N) is 2. The summed E-state index contributed by atoms with van der Waals surface area (Å²) in [7, 11) is 0. The maximum absolute atomic E-state index is 14.2. The molecule has 4 fully saturated rings. The van der Waals surface area contributed by atoms with Crippen LogP contribution in [0.4, 0.5) is 18.0 Å². The number of carbonyl (C=O) groups excluding carboxylic acids is 4. The number of piperidine rings is 1. The molecule has 7 atom stereocenters. The molecule has 0 radical (unpaired) electrons. The summed E-state index contributed by atoms with van der Waals surface area (Å²) in [5.41, 5.74) is -2.53. The van der Waals surface area contributed by atoms with Crippen LogP contribution in [-0.2, 0) is 30.5 Å². The van der Waals surface area contributed by atoms with E-state index < -0.39 is 59.8 Å². The number of fused-ring (bicyclic) bond motifs is 1. The summed E-state index contributed by atoms with van der Waals surface area (Å²) in [5, 5.41) is 18.0. The standard InChI is InChI=1S/C33H42F3N5O6/c1-18(47-31(4,5)33(34,35)36)24(39-29(45)46-17-19-9-7-6-8-10-19)28(44)41-16-22-23(30(22,2)3)25(41)27(43)38-21(15-37)13-20-14-32(11-12-32)40-26(20)42/h6-10,18,20-25H,11-14,16-17H2,1-5H3,(H,38,43)(H,39,45)(H,40,42)/t18-,20-,21+,22+,23+,24+,25+/m1/s1. The van der Waals surface area contributed by atoms with E-state index in [1.165, 1.54) is 11.8 Å². The maximum atomic E-state index is 14.2. The number of alkyl halides is 3. The van der Waals surface area contributed by atoms with Crippen LogP contribution in [0.5, 0.6) is 0 Å². The smallest absolute Gasteiger partial charge is 0.416 e. The van der Waals surface area contributed by atoms with Gasteiger partial charge in [-0.15, -0.1) is 0 Å². The Morgan fingerprint density at radius 2 is 1.81 bits per heavy atom. The van der Waals surface area contributed by atoms with Crippen LogP contribution in [0.2, 0.25) is 0 Å². The van der Waals surface area contributed by atoms with Crippen molar-refractivity contribution in [2.75, 3.05) is 6.54 Å². The molecule has 256 valence electrons.